The summed E-state index contributed by atoms with van der Waals surface area (Å²) < 4.78 is 6.02. The van der Waals surface area contributed by atoms with Crippen LogP contribution in [0.2, 0.25) is 0 Å². The van der Waals surface area contributed by atoms with Crippen molar-refractivity contribution in [1.82, 2.24) is 9.88 Å². The highest BCUT2D eigenvalue weighted by molar-refractivity contribution is 7.71. The van der Waals surface area contributed by atoms with Crippen molar-refractivity contribution < 1.29 is 9.53 Å². The van der Waals surface area contributed by atoms with E-state index < -0.39 is 0 Å². The maximum Gasteiger partial charge on any atom is 0.248 e. The second-order valence-electron chi connectivity index (χ2n) is 5.94. The number of likely N-dealkylation sites (N-methyl/N-ethyl adjacent to an activating group) is 1. The molecule has 1 N–H and O–H groups in total. The first-order chi connectivity index (χ1) is 11.0. The third kappa shape index (κ3) is 4.53. The fraction of sp³-hybridized carbons (Fsp3) is 0.562. The molecule has 1 aromatic rings. The fourth-order valence-electron chi connectivity index (χ4n) is 2.70. The second-order valence-corrected chi connectivity index (χ2v) is 6.34. The number of hydrogen-bond donors (Lipinski definition) is 1. The van der Waals surface area contributed by atoms with Crippen LogP contribution in [0.3, 0.4) is 0 Å². The third-order valence-corrected chi connectivity index (χ3v) is 4.31. The Bertz CT molecular complexity index is 650. The van der Waals surface area contributed by atoms with E-state index in [4.69, 9.17) is 17.0 Å². The predicted molar refractivity (Wildman–Crippen MR) is 90.8 cm³/mol. The lowest BCUT2D eigenvalue weighted by Gasteiger charge is -2.34. The number of pyridine rings is 1. The van der Waals surface area contributed by atoms with Gasteiger partial charge in [-0.15, -0.1) is 0 Å². The quantitative estimate of drug-likeness (QED) is 0.833. The number of nitrogens with zero attached hydrogens (tertiary/aromatic N) is 3. The molecule has 0 aliphatic carbocycles. The number of nitrogens with one attached hydrogen (secondary N) is 1. The van der Waals surface area contributed by atoms with E-state index in [-0.39, 0.29) is 12.5 Å². The number of H-pyrrole nitrogens is 1. The molecule has 0 bridgehead atoms. The van der Waals surface area contributed by atoms with Gasteiger partial charge in [0.15, 0.2) is 0 Å². The predicted octanol–water partition coefficient (Wildman–Crippen LogP) is 1.94. The van der Waals surface area contributed by atoms with E-state index in [1.54, 1.807) is 20.3 Å². The molecule has 1 fully saturated rings. The minimum Gasteiger partial charge on any atom is -0.371 e. The van der Waals surface area contributed by atoms with Crippen molar-refractivity contribution in [2.75, 3.05) is 45.3 Å². The molecular formula is C16H22N4O2S. The highest BCUT2D eigenvalue weighted by atomic mass is 32.1. The molecule has 1 aliphatic rings. The second kappa shape index (κ2) is 8.09. The van der Waals surface area contributed by atoms with Crippen molar-refractivity contribution in [3.63, 3.8) is 0 Å². The number of hydrogen-bond acceptors (Lipinski definition) is 5. The molecule has 2 heterocycles. The number of anilines is 1. The minimum absolute atomic E-state index is 0.0289. The summed E-state index contributed by atoms with van der Waals surface area (Å²) in [6, 6.07) is 4.08. The Morgan fingerprint density at radius 1 is 1.61 bits per heavy atom. The number of amides is 1. The maximum atomic E-state index is 11.5. The van der Waals surface area contributed by atoms with Gasteiger partial charge >= 0.3 is 0 Å². The third-order valence-electron chi connectivity index (χ3n) is 3.99. The van der Waals surface area contributed by atoms with Crippen LogP contribution in [0.5, 0.6) is 0 Å². The van der Waals surface area contributed by atoms with Crippen molar-refractivity contribution in [1.29, 1.82) is 5.26 Å². The van der Waals surface area contributed by atoms with Gasteiger partial charge < -0.3 is 19.5 Å². The number of ether oxygens (including phenoxy) is 1. The molecule has 0 aromatic carbocycles. The van der Waals surface area contributed by atoms with Crippen LogP contribution >= 0.6 is 12.2 Å². The van der Waals surface area contributed by atoms with Gasteiger partial charge in [-0.25, -0.2) is 0 Å². The number of rotatable bonds is 5. The molecule has 1 amide bonds. The molecule has 2 rings (SSSR count). The zero-order valence-corrected chi connectivity index (χ0v) is 14.4. The Labute approximate surface area is 141 Å². The minimum atomic E-state index is -0.0289. The van der Waals surface area contributed by atoms with Crippen LogP contribution in [0.25, 0.3) is 0 Å². The van der Waals surface area contributed by atoms with Crippen molar-refractivity contribution in [2.24, 2.45) is 5.92 Å². The average Bonchev–Trinajstić information content (AvgIpc) is 2.54. The van der Waals surface area contributed by atoms with E-state index in [0.29, 0.717) is 22.7 Å². The van der Waals surface area contributed by atoms with Gasteiger partial charge in [-0.2, -0.15) is 5.26 Å². The molecule has 1 aromatic heterocycles. The fourth-order valence-corrected chi connectivity index (χ4v) is 2.92. The lowest BCUT2D eigenvalue weighted by molar-refractivity contribution is -0.134. The maximum absolute atomic E-state index is 11.5. The van der Waals surface area contributed by atoms with Crippen molar-refractivity contribution in [3.8, 4) is 6.07 Å². The smallest absolute Gasteiger partial charge is 0.248 e. The lowest BCUT2D eigenvalue weighted by atomic mass is 9.98. The summed E-state index contributed by atoms with van der Waals surface area (Å²) >= 11 is 5.19. The summed E-state index contributed by atoms with van der Waals surface area (Å²) in [5.74, 6) is 0.321. The Balaban J connectivity index is 1.97. The molecule has 1 unspecified atom stereocenters. The lowest BCUT2D eigenvalue weighted by Crippen LogP contribution is -2.38. The first kappa shape index (κ1) is 17.4. The molecule has 1 saturated heterocycles. The van der Waals surface area contributed by atoms with Gasteiger partial charge in [0.1, 0.15) is 22.9 Å². The van der Waals surface area contributed by atoms with E-state index in [9.17, 15) is 10.1 Å². The van der Waals surface area contributed by atoms with E-state index >= 15 is 0 Å². The number of carbonyl (C=O) groups excluding carboxylic acids is 1. The number of nitriles is 1. The number of carbonyl (C=O) groups is 1. The molecule has 6 nitrogen and oxygen atoms in total. The number of aromatic nitrogens is 1. The van der Waals surface area contributed by atoms with E-state index in [0.717, 1.165) is 31.6 Å². The van der Waals surface area contributed by atoms with Crippen LogP contribution in [0.4, 0.5) is 5.69 Å². The average molecular weight is 334 g/mol. The van der Waals surface area contributed by atoms with Crippen LogP contribution in [0.15, 0.2) is 12.3 Å². The van der Waals surface area contributed by atoms with E-state index in [1.807, 2.05) is 6.07 Å². The van der Waals surface area contributed by atoms with Crippen LogP contribution in [0.1, 0.15) is 18.4 Å². The molecule has 1 atom stereocenters. The topological polar surface area (TPSA) is 72.4 Å². The van der Waals surface area contributed by atoms with Crippen molar-refractivity contribution in [2.45, 2.75) is 12.8 Å². The molecular weight excluding hydrogens is 312 g/mol. The summed E-state index contributed by atoms with van der Waals surface area (Å²) in [6.07, 6.45) is 3.87. The molecule has 0 saturated carbocycles. The van der Waals surface area contributed by atoms with Crippen molar-refractivity contribution >= 4 is 23.8 Å². The normalized spacial score (nSPS) is 17.6. The van der Waals surface area contributed by atoms with Crippen LogP contribution < -0.4 is 4.90 Å². The van der Waals surface area contributed by atoms with Gasteiger partial charge in [0.25, 0.3) is 0 Å². The highest BCUT2D eigenvalue weighted by Gasteiger charge is 2.22. The molecule has 124 valence electrons. The summed E-state index contributed by atoms with van der Waals surface area (Å²) in [5.41, 5.74) is 1.40. The Morgan fingerprint density at radius 3 is 3.09 bits per heavy atom. The van der Waals surface area contributed by atoms with Crippen molar-refractivity contribution in [3.05, 3.63) is 22.5 Å². The SMILES string of the molecule is CN(C)C(=O)COCC1CCCN(c2cc[nH]c(=S)c2C#N)C1. The standard InChI is InChI=1S/C16H22N4O2S/c1-19(2)15(21)11-22-10-12-4-3-7-20(9-12)14-5-6-18-16(23)13(14)8-17/h5-6,12H,3-4,7,9-11H2,1-2H3,(H,18,23). The van der Waals surface area contributed by atoms with Crippen LogP contribution in [0, 0.1) is 21.9 Å². The van der Waals surface area contributed by atoms with Gasteiger partial charge in [0, 0.05) is 33.4 Å². The van der Waals surface area contributed by atoms with Gasteiger partial charge in [-0.3, -0.25) is 4.79 Å². The summed E-state index contributed by atoms with van der Waals surface area (Å²) in [4.78, 5) is 18.1. The van der Waals surface area contributed by atoms with Gasteiger partial charge in [-0.05, 0) is 24.8 Å². The molecule has 7 heteroatoms. The first-order valence-electron chi connectivity index (χ1n) is 7.67. The Kier molecular flexibility index (Phi) is 6.13. The first-order valence-corrected chi connectivity index (χ1v) is 8.08. The molecule has 0 radical (unpaired) electrons. The summed E-state index contributed by atoms with van der Waals surface area (Å²) in [7, 11) is 3.44. The summed E-state index contributed by atoms with van der Waals surface area (Å²) in [6.45, 7) is 2.38. The largest absolute Gasteiger partial charge is 0.371 e. The Morgan fingerprint density at radius 2 is 2.39 bits per heavy atom. The van der Waals surface area contributed by atoms with E-state index in [1.165, 1.54) is 4.90 Å². The van der Waals surface area contributed by atoms with Gasteiger partial charge in [-0.1, -0.05) is 12.2 Å². The van der Waals surface area contributed by atoms with Crippen LogP contribution in [-0.4, -0.2) is 56.2 Å². The zero-order chi connectivity index (χ0) is 16.8. The van der Waals surface area contributed by atoms with E-state index in [2.05, 4.69) is 16.0 Å². The Hall–Kier alpha value is -1.91. The molecule has 0 spiro atoms. The number of aromatic amines is 1. The number of piperidine rings is 1. The zero-order valence-electron chi connectivity index (χ0n) is 13.5. The molecule has 1 aliphatic heterocycles. The highest BCUT2D eigenvalue weighted by Crippen LogP contribution is 2.26. The van der Waals surface area contributed by atoms with Gasteiger partial charge in [0.2, 0.25) is 5.91 Å². The summed E-state index contributed by atoms with van der Waals surface area (Å²) in [5, 5.41) is 9.32. The van der Waals surface area contributed by atoms with Gasteiger partial charge in [0.05, 0.1) is 12.3 Å². The monoisotopic (exact) mass is 334 g/mol. The molecule has 23 heavy (non-hydrogen) atoms. The van der Waals surface area contributed by atoms with Crippen LogP contribution in [-0.2, 0) is 9.53 Å².